The minimum atomic E-state index is 0.387. The highest BCUT2D eigenvalue weighted by Gasteiger charge is 2.09. The third-order valence-corrected chi connectivity index (χ3v) is 4.25. The summed E-state index contributed by atoms with van der Waals surface area (Å²) < 4.78 is 1.74. The van der Waals surface area contributed by atoms with Crippen molar-refractivity contribution >= 4 is 34.2 Å². The standard InChI is InChI=1S/C17H18N10/c1-27-14-3-2-10(5-13(14)22-26-27)8-20-9-11(7-18)4-12-6-15(19)21-17-16(12)23-25-24-17/h2-3,5-7,9,18,20H,4,8H2,1H3,(H3,19,21,23,24,25)/b11-9-,18-7?. The van der Waals surface area contributed by atoms with Crippen molar-refractivity contribution in [3.05, 3.63) is 47.2 Å². The van der Waals surface area contributed by atoms with Crippen LogP contribution in [0.15, 0.2) is 36.0 Å². The smallest absolute Gasteiger partial charge is 0.178 e. The van der Waals surface area contributed by atoms with Gasteiger partial charge in [-0.1, -0.05) is 16.5 Å². The number of nitrogen functional groups attached to an aromatic ring is 1. The lowest BCUT2D eigenvalue weighted by atomic mass is 10.1. The summed E-state index contributed by atoms with van der Waals surface area (Å²) in [5, 5.41) is 29.6. The molecule has 0 bridgehead atoms. The van der Waals surface area contributed by atoms with Crippen molar-refractivity contribution in [3.63, 3.8) is 0 Å². The molecule has 0 saturated heterocycles. The number of pyridine rings is 1. The molecule has 27 heavy (non-hydrogen) atoms. The molecule has 5 N–H and O–H groups in total. The van der Waals surface area contributed by atoms with Gasteiger partial charge < -0.3 is 16.5 Å². The molecule has 4 rings (SSSR count). The average Bonchev–Trinajstić information content (AvgIpc) is 3.27. The van der Waals surface area contributed by atoms with Gasteiger partial charge in [-0.25, -0.2) is 14.8 Å². The molecule has 0 aliphatic rings. The molecular formula is C17H18N10. The lowest BCUT2D eigenvalue weighted by Crippen LogP contribution is -2.08. The summed E-state index contributed by atoms with van der Waals surface area (Å²) in [5.74, 6) is 0.387. The molecule has 0 unspecified atom stereocenters. The minimum absolute atomic E-state index is 0.387. The Bertz CT molecular complexity index is 1150. The van der Waals surface area contributed by atoms with E-state index in [4.69, 9.17) is 11.1 Å². The highest BCUT2D eigenvalue weighted by molar-refractivity contribution is 5.81. The van der Waals surface area contributed by atoms with E-state index in [1.807, 2.05) is 31.4 Å². The molecule has 10 nitrogen and oxygen atoms in total. The number of fused-ring (bicyclic) bond motifs is 2. The molecule has 0 amide bonds. The van der Waals surface area contributed by atoms with Crippen LogP contribution in [0.3, 0.4) is 0 Å². The van der Waals surface area contributed by atoms with E-state index in [1.54, 1.807) is 10.7 Å². The largest absolute Gasteiger partial charge is 0.387 e. The fraction of sp³-hybridized carbons (Fsp3) is 0.176. The van der Waals surface area contributed by atoms with E-state index in [1.165, 1.54) is 6.21 Å². The normalized spacial score (nSPS) is 12.0. The Morgan fingerprint density at radius 2 is 2.22 bits per heavy atom. The molecule has 0 atom stereocenters. The number of aromatic amines is 1. The summed E-state index contributed by atoms with van der Waals surface area (Å²) in [6, 6.07) is 7.77. The van der Waals surface area contributed by atoms with Gasteiger partial charge in [0.05, 0.1) is 5.52 Å². The first-order valence-corrected chi connectivity index (χ1v) is 8.31. The first-order valence-electron chi connectivity index (χ1n) is 8.31. The number of nitrogens with two attached hydrogens (primary N) is 1. The highest BCUT2D eigenvalue weighted by atomic mass is 15.4. The van der Waals surface area contributed by atoms with E-state index in [0.29, 0.717) is 29.9 Å². The molecular weight excluding hydrogens is 344 g/mol. The summed E-state index contributed by atoms with van der Waals surface area (Å²) in [6.45, 7) is 0.613. The van der Waals surface area contributed by atoms with Crippen molar-refractivity contribution in [3.8, 4) is 0 Å². The topological polar surface area (TPSA) is 147 Å². The van der Waals surface area contributed by atoms with Crippen LogP contribution in [0.25, 0.3) is 22.2 Å². The molecule has 4 aromatic rings. The third-order valence-electron chi connectivity index (χ3n) is 4.25. The van der Waals surface area contributed by atoms with Gasteiger partial charge in [0.15, 0.2) is 5.65 Å². The Labute approximate surface area is 154 Å². The Balaban J connectivity index is 1.49. The van der Waals surface area contributed by atoms with Crippen LogP contribution >= 0.6 is 0 Å². The second-order valence-electron chi connectivity index (χ2n) is 6.17. The number of nitrogens with one attached hydrogen (secondary N) is 3. The Hall–Kier alpha value is -3.82. The molecule has 0 saturated carbocycles. The monoisotopic (exact) mass is 362 g/mol. The molecule has 0 aliphatic heterocycles. The zero-order valence-electron chi connectivity index (χ0n) is 14.6. The quantitative estimate of drug-likeness (QED) is 0.375. The van der Waals surface area contributed by atoms with E-state index < -0.39 is 0 Å². The minimum Gasteiger partial charge on any atom is -0.387 e. The SMILES string of the molecule is Cn1nnc2cc(CN/C=C(\C=N)Cc3cc(N)nc4[nH]nnc34)ccc21. The van der Waals surface area contributed by atoms with Gasteiger partial charge in [-0.3, -0.25) is 0 Å². The van der Waals surface area contributed by atoms with Crippen LogP contribution in [0.1, 0.15) is 11.1 Å². The van der Waals surface area contributed by atoms with E-state index in [0.717, 1.165) is 27.7 Å². The Morgan fingerprint density at radius 1 is 1.33 bits per heavy atom. The molecule has 0 fully saturated rings. The lowest BCUT2D eigenvalue weighted by Gasteiger charge is -2.06. The Kier molecular flexibility index (Phi) is 4.21. The Morgan fingerprint density at radius 3 is 3.07 bits per heavy atom. The van der Waals surface area contributed by atoms with Crippen molar-refractivity contribution in [2.45, 2.75) is 13.0 Å². The van der Waals surface area contributed by atoms with Crippen molar-refractivity contribution in [2.75, 3.05) is 5.73 Å². The van der Waals surface area contributed by atoms with Gasteiger partial charge in [0.2, 0.25) is 0 Å². The summed E-state index contributed by atoms with van der Waals surface area (Å²) in [5.41, 5.74) is 11.6. The van der Waals surface area contributed by atoms with Gasteiger partial charge in [-0.05, 0) is 34.9 Å². The fourth-order valence-electron chi connectivity index (χ4n) is 2.92. The molecule has 10 heteroatoms. The molecule has 0 radical (unpaired) electrons. The molecule has 0 aliphatic carbocycles. The van der Waals surface area contributed by atoms with Crippen LogP contribution in [0.2, 0.25) is 0 Å². The van der Waals surface area contributed by atoms with Crippen LogP contribution in [-0.4, -0.2) is 41.6 Å². The maximum absolute atomic E-state index is 7.68. The first-order chi connectivity index (χ1) is 13.1. The predicted octanol–water partition coefficient (Wildman–Crippen LogP) is 1.08. The molecule has 0 spiro atoms. The number of hydrogen-bond acceptors (Lipinski definition) is 8. The number of allylic oxidation sites excluding steroid dienone is 1. The van der Waals surface area contributed by atoms with Gasteiger partial charge >= 0.3 is 0 Å². The number of rotatable bonds is 6. The number of hydrogen-bond donors (Lipinski definition) is 4. The van der Waals surface area contributed by atoms with Crippen LogP contribution < -0.4 is 11.1 Å². The van der Waals surface area contributed by atoms with E-state index in [-0.39, 0.29) is 0 Å². The number of anilines is 1. The zero-order valence-corrected chi connectivity index (χ0v) is 14.6. The summed E-state index contributed by atoms with van der Waals surface area (Å²) >= 11 is 0. The van der Waals surface area contributed by atoms with E-state index in [9.17, 15) is 0 Å². The lowest BCUT2D eigenvalue weighted by molar-refractivity contribution is 0.736. The van der Waals surface area contributed by atoms with Crippen molar-refractivity contribution < 1.29 is 0 Å². The third kappa shape index (κ3) is 3.32. The van der Waals surface area contributed by atoms with Crippen molar-refractivity contribution in [1.82, 2.24) is 40.7 Å². The second-order valence-corrected chi connectivity index (χ2v) is 6.17. The maximum atomic E-state index is 7.68. The van der Waals surface area contributed by atoms with Crippen molar-refractivity contribution in [1.29, 1.82) is 5.41 Å². The van der Waals surface area contributed by atoms with Gasteiger partial charge in [-0.15, -0.1) is 10.2 Å². The first kappa shape index (κ1) is 16.6. The van der Waals surface area contributed by atoms with Gasteiger partial charge in [0.25, 0.3) is 0 Å². The number of nitrogens with zero attached hydrogens (tertiary/aromatic N) is 6. The maximum Gasteiger partial charge on any atom is 0.178 e. The number of aromatic nitrogens is 7. The predicted molar refractivity (Wildman–Crippen MR) is 102 cm³/mol. The molecule has 136 valence electrons. The summed E-state index contributed by atoms with van der Waals surface area (Å²) in [7, 11) is 1.87. The van der Waals surface area contributed by atoms with Crippen LogP contribution in [0, 0.1) is 5.41 Å². The molecule has 1 aromatic carbocycles. The zero-order chi connectivity index (χ0) is 18.8. The number of H-pyrrole nitrogens is 1. The number of aryl methyl sites for hydroxylation is 1. The van der Waals surface area contributed by atoms with Crippen LogP contribution in [0.4, 0.5) is 5.82 Å². The molecule has 3 heterocycles. The van der Waals surface area contributed by atoms with E-state index >= 15 is 0 Å². The van der Waals surface area contributed by atoms with Crippen LogP contribution in [0.5, 0.6) is 0 Å². The van der Waals surface area contributed by atoms with Crippen molar-refractivity contribution in [2.24, 2.45) is 7.05 Å². The number of benzene rings is 1. The van der Waals surface area contributed by atoms with Gasteiger partial charge in [0, 0.05) is 32.4 Å². The summed E-state index contributed by atoms with van der Waals surface area (Å²) in [6.07, 6.45) is 3.62. The van der Waals surface area contributed by atoms with E-state index in [2.05, 4.69) is 36.0 Å². The van der Waals surface area contributed by atoms with Gasteiger partial charge in [0.1, 0.15) is 16.9 Å². The average molecular weight is 362 g/mol. The van der Waals surface area contributed by atoms with Crippen LogP contribution in [-0.2, 0) is 20.0 Å². The fourth-order valence-corrected chi connectivity index (χ4v) is 2.92. The van der Waals surface area contributed by atoms with Gasteiger partial charge in [-0.2, -0.15) is 0 Å². The second kappa shape index (κ2) is 6.83. The summed E-state index contributed by atoms with van der Waals surface area (Å²) in [4.78, 5) is 4.15. The molecule has 3 aromatic heterocycles. The highest BCUT2D eigenvalue weighted by Crippen LogP contribution is 2.18.